The fourth-order valence-electron chi connectivity index (χ4n) is 3.66. The van der Waals surface area contributed by atoms with E-state index in [9.17, 15) is 14.4 Å². The smallest absolute Gasteiger partial charge is 0.328 e. The average Bonchev–Trinajstić information content (AvgIpc) is 2.75. The predicted octanol–water partition coefficient (Wildman–Crippen LogP) is 3.22. The number of methoxy groups -OCH3 is 1. The number of fused-ring (bicyclic) bond motifs is 1. The Bertz CT molecular complexity index is 960. The lowest BCUT2D eigenvalue weighted by Crippen LogP contribution is -2.57. The lowest BCUT2D eigenvalue weighted by molar-refractivity contribution is -0.155. The Labute approximate surface area is 181 Å². The molecule has 3 rings (SSSR count). The van der Waals surface area contributed by atoms with Gasteiger partial charge < -0.3 is 15.0 Å². The van der Waals surface area contributed by atoms with E-state index in [4.69, 9.17) is 16.3 Å². The molecule has 0 aliphatic carbocycles. The molecule has 1 aliphatic rings. The van der Waals surface area contributed by atoms with Crippen LogP contribution in [0.2, 0.25) is 5.02 Å². The first-order valence-electron chi connectivity index (χ1n) is 9.84. The standard InChI is InChI=1S/C23H25ClN2O4/c1-14(2)20(25-21(27)17-10-6-7-11-18(17)24)22(28)26-13-16-9-5-4-8-15(16)12-19(26)23(29)30-3/h4-11,14,19-20H,12-13H2,1-3H3,(H,25,27). The van der Waals surface area contributed by atoms with Crippen molar-refractivity contribution >= 4 is 29.4 Å². The maximum atomic E-state index is 13.5. The highest BCUT2D eigenvalue weighted by Gasteiger charge is 2.39. The zero-order chi connectivity index (χ0) is 21.8. The van der Waals surface area contributed by atoms with Gasteiger partial charge in [0.15, 0.2) is 0 Å². The van der Waals surface area contributed by atoms with E-state index in [1.807, 2.05) is 38.1 Å². The van der Waals surface area contributed by atoms with E-state index in [1.54, 1.807) is 24.3 Å². The number of carbonyl (C=O) groups excluding carboxylic acids is 3. The van der Waals surface area contributed by atoms with Crippen LogP contribution in [0.4, 0.5) is 0 Å². The molecule has 2 atom stereocenters. The van der Waals surface area contributed by atoms with Crippen LogP contribution in [0, 0.1) is 5.92 Å². The van der Waals surface area contributed by atoms with Crippen molar-refractivity contribution in [3.8, 4) is 0 Å². The molecule has 0 aromatic heterocycles. The molecule has 0 saturated heterocycles. The van der Waals surface area contributed by atoms with E-state index in [2.05, 4.69) is 5.32 Å². The van der Waals surface area contributed by atoms with Gasteiger partial charge in [-0.05, 0) is 29.2 Å². The summed E-state index contributed by atoms with van der Waals surface area (Å²) in [5.74, 6) is -1.42. The third-order valence-corrected chi connectivity index (χ3v) is 5.67. The molecule has 6 nitrogen and oxygen atoms in total. The molecule has 30 heavy (non-hydrogen) atoms. The lowest BCUT2D eigenvalue weighted by atomic mass is 9.92. The van der Waals surface area contributed by atoms with Crippen molar-refractivity contribution in [3.63, 3.8) is 0 Å². The van der Waals surface area contributed by atoms with E-state index in [0.29, 0.717) is 17.0 Å². The van der Waals surface area contributed by atoms with Crippen molar-refractivity contribution in [1.82, 2.24) is 10.2 Å². The van der Waals surface area contributed by atoms with Crippen LogP contribution in [0.1, 0.15) is 35.3 Å². The maximum Gasteiger partial charge on any atom is 0.328 e. The van der Waals surface area contributed by atoms with E-state index in [-0.39, 0.29) is 18.4 Å². The molecule has 2 unspecified atom stereocenters. The molecule has 158 valence electrons. The molecular formula is C23H25ClN2O4. The Hall–Kier alpha value is -2.86. The molecule has 7 heteroatoms. The number of hydrogen-bond acceptors (Lipinski definition) is 4. The van der Waals surface area contributed by atoms with Crippen LogP contribution < -0.4 is 5.32 Å². The number of ether oxygens (including phenoxy) is 1. The number of hydrogen-bond donors (Lipinski definition) is 1. The van der Waals surface area contributed by atoms with E-state index >= 15 is 0 Å². The van der Waals surface area contributed by atoms with Gasteiger partial charge in [0, 0.05) is 13.0 Å². The first-order chi connectivity index (χ1) is 14.3. The number of esters is 1. The molecule has 2 aromatic carbocycles. The van der Waals surface area contributed by atoms with Gasteiger partial charge in [-0.2, -0.15) is 0 Å². The molecule has 0 bridgehead atoms. The minimum Gasteiger partial charge on any atom is -0.467 e. The highest BCUT2D eigenvalue weighted by Crippen LogP contribution is 2.26. The number of rotatable bonds is 5. The first kappa shape index (κ1) is 21.8. The molecule has 0 spiro atoms. The van der Waals surface area contributed by atoms with E-state index in [0.717, 1.165) is 11.1 Å². The van der Waals surface area contributed by atoms with Gasteiger partial charge in [0.05, 0.1) is 17.7 Å². The minimum atomic E-state index is -0.814. The van der Waals surface area contributed by atoms with Crippen molar-refractivity contribution in [2.75, 3.05) is 7.11 Å². The average molecular weight is 429 g/mol. The molecule has 1 heterocycles. The molecule has 0 radical (unpaired) electrons. The van der Waals surface area contributed by atoms with Crippen LogP contribution in [-0.4, -0.2) is 41.9 Å². The van der Waals surface area contributed by atoms with Gasteiger partial charge >= 0.3 is 5.97 Å². The quantitative estimate of drug-likeness (QED) is 0.742. The number of amides is 2. The van der Waals surface area contributed by atoms with E-state index in [1.165, 1.54) is 12.0 Å². The monoisotopic (exact) mass is 428 g/mol. The topological polar surface area (TPSA) is 75.7 Å². The van der Waals surface area contributed by atoms with Crippen LogP contribution >= 0.6 is 11.6 Å². The summed E-state index contributed by atoms with van der Waals surface area (Å²) in [6, 6.07) is 12.8. The fraction of sp³-hybridized carbons (Fsp3) is 0.348. The zero-order valence-electron chi connectivity index (χ0n) is 17.2. The van der Waals surface area contributed by atoms with Crippen LogP contribution in [0.15, 0.2) is 48.5 Å². The van der Waals surface area contributed by atoms with Gasteiger partial charge in [-0.1, -0.05) is 61.8 Å². The predicted molar refractivity (Wildman–Crippen MR) is 114 cm³/mol. The SMILES string of the molecule is COC(=O)C1Cc2ccccc2CN1C(=O)C(NC(=O)c1ccccc1Cl)C(C)C. The fourth-order valence-corrected chi connectivity index (χ4v) is 3.88. The second-order valence-corrected chi connectivity index (χ2v) is 8.06. The number of benzene rings is 2. The Balaban J connectivity index is 1.88. The minimum absolute atomic E-state index is 0.195. The molecule has 2 amide bonds. The number of nitrogens with zero attached hydrogens (tertiary/aromatic N) is 1. The van der Waals surface area contributed by atoms with Gasteiger partial charge in [-0.25, -0.2) is 4.79 Å². The second-order valence-electron chi connectivity index (χ2n) is 7.65. The van der Waals surface area contributed by atoms with Crippen LogP contribution in [0.5, 0.6) is 0 Å². The van der Waals surface area contributed by atoms with E-state index < -0.39 is 24.0 Å². The number of nitrogens with one attached hydrogen (secondary N) is 1. The van der Waals surface area contributed by atoms with Gasteiger partial charge in [0.2, 0.25) is 5.91 Å². The Morgan fingerprint density at radius 3 is 2.33 bits per heavy atom. The summed E-state index contributed by atoms with van der Waals surface area (Å²) in [6.07, 6.45) is 0.373. The Kier molecular flexibility index (Phi) is 6.77. The van der Waals surface area contributed by atoms with Gasteiger partial charge in [-0.3, -0.25) is 9.59 Å². The third kappa shape index (κ3) is 4.49. The van der Waals surface area contributed by atoms with Crippen LogP contribution in [-0.2, 0) is 27.3 Å². The summed E-state index contributed by atoms with van der Waals surface area (Å²) >= 11 is 6.13. The summed E-state index contributed by atoms with van der Waals surface area (Å²) in [7, 11) is 1.31. The Morgan fingerprint density at radius 2 is 1.70 bits per heavy atom. The van der Waals surface area contributed by atoms with Gasteiger partial charge in [0.1, 0.15) is 12.1 Å². The second kappa shape index (κ2) is 9.30. The van der Waals surface area contributed by atoms with Crippen molar-refractivity contribution in [3.05, 3.63) is 70.2 Å². The normalized spacial score (nSPS) is 16.6. The van der Waals surface area contributed by atoms with Crippen molar-refractivity contribution in [1.29, 1.82) is 0 Å². The number of carbonyl (C=O) groups is 3. The van der Waals surface area contributed by atoms with Crippen molar-refractivity contribution in [2.45, 2.75) is 38.9 Å². The summed E-state index contributed by atoms with van der Waals surface area (Å²) in [6.45, 7) is 3.97. The summed E-state index contributed by atoms with van der Waals surface area (Å²) in [5, 5.41) is 3.11. The van der Waals surface area contributed by atoms with Crippen molar-refractivity contribution < 1.29 is 19.1 Å². The van der Waals surface area contributed by atoms with Gasteiger partial charge in [0.25, 0.3) is 5.91 Å². The van der Waals surface area contributed by atoms with Gasteiger partial charge in [-0.15, -0.1) is 0 Å². The lowest BCUT2D eigenvalue weighted by Gasteiger charge is -2.38. The molecule has 0 saturated carbocycles. The molecule has 1 N–H and O–H groups in total. The Morgan fingerprint density at radius 1 is 1.07 bits per heavy atom. The molecule has 2 aromatic rings. The largest absolute Gasteiger partial charge is 0.467 e. The molecule has 0 fully saturated rings. The number of halogens is 1. The highest BCUT2D eigenvalue weighted by molar-refractivity contribution is 6.33. The third-order valence-electron chi connectivity index (χ3n) is 5.34. The maximum absolute atomic E-state index is 13.5. The van der Waals surface area contributed by atoms with Crippen LogP contribution in [0.25, 0.3) is 0 Å². The first-order valence-corrected chi connectivity index (χ1v) is 10.2. The summed E-state index contributed by atoms with van der Waals surface area (Å²) < 4.78 is 4.95. The molecular weight excluding hydrogens is 404 g/mol. The van der Waals surface area contributed by atoms with Crippen molar-refractivity contribution in [2.24, 2.45) is 5.92 Å². The summed E-state index contributed by atoms with van der Waals surface area (Å²) in [4.78, 5) is 40.2. The van der Waals surface area contributed by atoms with Crippen LogP contribution in [0.3, 0.4) is 0 Å². The zero-order valence-corrected chi connectivity index (χ0v) is 18.0. The molecule has 1 aliphatic heterocycles. The highest BCUT2D eigenvalue weighted by atomic mass is 35.5. The summed E-state index contributed by atoms with van der Waals surface area (Å²) in [5.41, 5.74) is 2.29.